The van der Waals surface area contributed by atoms with E-state index in [1.807, 2.05) is 7.05 Å². The fourth-order valence-electron chi connectivity index (χ4n) is 2.32. The Hall–Kier alpha value is -1.89. The minimum atomic E-state index is -4.73. The Morgan fingerprint density at radius 1 is 1.29 bits per heavy atom. The summed E-state index contributed by atoms with van der Waals surface area (Å²) in [5.74, 6) is 0. The van der Waals surface area contributed by atoms with Crippen LogP contribution in [0, 0.1) is 10.1 Å². The molecule has 1 aromatic rings. The zero-order chi connectivity index (χ0) is 15.6. The molecule has 7 heteroatoms. The van der Waals surface area contributed by atoms with Gasteiger partial charge in [-0.25, -0.2) is 0 Å². The fraction of sp³-hybridized carbons (Fsp3) is 0.429. The molecule has 0 aliphatic carbocycles. The minimum Gasteiger partial charge on any atom is -0.306 e. The summed E-state index contributed by atoms with van der Waals surface area (Å²) in [6, 6.07) is 3.13. The summed E-state index contributed by atoms with van der Waals surface area (Å²) in [5, 5.41) is 10.7. The predicted octanol–water partition coefficient (Wildman–Crippen LogP) is 3.72. The van der Waals surface area contributed by atoms with Crippen LogP contribution in [0.1, 0.15) is 24.0 Å². The number of hydrogen-bond donors (Lipinski definition) is 0. The highest BCUT2D eigenvalue weighted by Gasteiger charge is 2.38. The summed E-state index contributed by atoms with van der Waals surface area (Å²) in [5.41, 5.74) is -0.689. The van der Waals surface area contributed by atoms with Crippen molar-refractivity contribution in [3.63, 3.8) is 0 Å². The van der Waals surface area contributed by atoms with Crippen molar-refractivity contribution in [1.82, 2.24) is 4.90 Å². The first kappa shape index (κ1) is 15.5. The van der Waals surface area contributed by atoms with Crippen LogP contribution in [0.5, 0.6) is 0 Å². The van der Waals surface area contributed by atoms with E-state index in [2.05, 4.69) is 4.90 Å². The molecule has 0 atom stereocenters. The first-order chi connectivity index (χ1) is 9.77. The molecule has 0 N–H and O–H groups in total. The molecule has 2 rings (SSSR count). The van der Waals surface area contributed by atoms with Gasteiger partial charge in [-0.1, -0.05) is 11.6 Å². The maximum Gasteiger partial charge on any atom is 0.423 e. The van der Waals surface area contributed by atoms with Crippen LogP contribution in [-0.2, 0) is 6.18 Å². The highest BCUT2D eigenvalue weighted by atomic mass is 19.4. The molecule has 1 aromatic carbocycles. The van der Waals surface area contributed by atoms with Crippen molar-refractivity contribution in [2.45, 2.75) is 19.0 Å². The van der Waals surface area contributed by atoms with Crippen LogP contribution >= 0.6 is 0 Å². The minimum absolute atomic E-state index is 0.354. The molecule has 4 nitrogen and oxygen atoms in total. The van der Waals surface area contributed by atoms with Gasteiger partial charge >= 0.3 is 6.18 Å². The summed E-state index contributed by atoms with van der Waals surface area (Å²) in [7, 11) is 1.99. The van der Waals surface area contributed by atoms with Crippen molar-refractivity contribution >= 4 is 11.8 Å². The van der Waals surface area contributed by atoms with Crippen molar-refractivity contribution < 1.29 is 18.1 Å². The largest absolute Gasteiger partial charge is 0.423 e. The van der Waals surface area contributed by atoms with Crippen LogP contribution < -0.4 is 0 Å². The highest BCUT2D eigenvalue weighted by molar-refractivity contribution is 5.58. The second-order valence-corrected chi connectivity index (χ2v) is 5.14. The molecule has 0 radical (unpaired) electrons. The van der Waals surface area contributed by atoms with E-state index in [-0.39, 0.29) is 0 Å². The average molecular weight is 300 g/mol. The van der Waals surface area contributed by atoms with Crippen molar-refractivity contribution in [2.75, 3.05) is 20.1 Å². The molecule has 1 aliphatic rings. The molecule has 1 aliphatic heterocycles. The first-order valence-corrected chi connectivity index (χ1v) is 6.51. The van der Waals surface area contributed by atoms with E-state index in [0.29, 0.717) is 5.56 Å². The zero-order valence-corrected chi connectivity index (χ0v) is 11.5. The van der Waals surface area contributed by atoms with Gasteiger partial charge in [-0.15, -0.1) is 0 Å². The van der Waals surface area contributed by atoms with Gasteiger partial charge in [0.15, 0.2) is 0 Å². The van der Waals surface area contributed by atoms with Crippen LogP contribution in [0.15, 0.2) is 23.8 Å². The van der Waals surface area contributed by atoms with Gasteiger partial charge in [0.05, 0.1) is 4.92 Å². The van der Waals surface area contributed by atoms with Crippen molar-refractivity contribution in [2.24, 2.45) is 0 Å². The summed E-state index contributed by atoms with van der Waals surface area (Å²) in [6.07, 6.45) is -1.43. The maximum absolute atomic E-state index is 12.9. The number of hydrogen-bond acceptors (Lipinski definition) is 3. The summed E-state index contributed by atoms with van der Waals surface area (Å²) in [6.45, 7) is 1.73. The monoisotopic (exact) mass is 300 g/mol. The Bertz CT molecular complexity index is 572. The second kappa shape index (κ2) is 5.85. The van der Waals surface area contributed by atoms with Crippen LogP contribution in [0.4, 0.5) is 18.9 Å². The first-order valence-electron chi connectivity index (χ1n) is 6.51. The fourth-order valence-corrected chi connectivity index (χ4v) is 2.32. The number of nitrogens with zero attached hydrogens (tertiary/aromatic N) is 2. The van der Waals surface area contributed by atoms with Crippen LogP contribution in [0.25, 0.3) is 6.08 Å². The molecule has 0 amide bonds. The van der Waals surface area contributed by atoms with Gasteiger partial charge in [0.25, 0.3) is 5.69 Å². The van der Waals surface area contributed by atoms with Crippen molar-refractivity contribution in [3.05, 3.63) is 45.0 Å². The maximum atomic E-state index is 12.9. The SMILES string of the molecule is CN1CCC(=Cc2ccc([N+](=O)[O-])c(C(F)(F)F)c2)CC1. The molecule has 21 heavy (non-hydrogen) atoms. The topological polar surface area (TPSA) is 46.4 Å². The molecule has 1 saturated heterocycles. The number of rotatable bonds is 2. The van der Waals surface area contributed by atoms with Gasteiger partial charge in [0.2, 0.25) is 0 Å². The van der Waals surface area contributed by atoms with Crippen molar-refractivity contribution in [1.29, 1.82) is 0 Å². The van der Waals surface area contributed by atoms with Gasteiger partial charge in [0, 0.05) is 19.2 Å². The normalized spacial score (nSPS) is 16.9. The Morgan fingerprint density at radius 3 is 2.43 bits per heavy atom. The Kier molecular flexibility index (Phi) is 4.32. The number of nitro benzene ring substituents is 1. The van der Waals surface area contributed by atoms with E-state index in [1.165, 1.54) is 6.07 Å². The second-order valence-electron chi connectivity index (χ2n) is 5.14. The molecule has 0 spiro atoms. The number of halogens is 3. The number of benzene rings is 1. The van der Waals surface area contributed by atoms with Gasteiger partial charge in [0.1, 0.15) is 5.56 Å². The lowest BCUT2D eigenvalue weighted by atomic mass is 10.00. The molecule has 0 aromatic heterocycles. The lowest BCUT2D eigenvalue weighted by molar-refractivity contribution is -0.388. The predicted molar refractivity (Wildman–Crippen MR) is 72.8 cm³/mol. The third kappa shape index (κ3) is 3.81. The van der Waals surface area contributed by atoms with Crippen molar-refractivity contribution in [3.8, 4) is 0 Å². The zero-order valence-electron chi connectivity index (χ0n) is 11.5. The van der Waals surface area contributed by atoms with E-state index < -0.39 is 22.4 Å². The lowest BCUT2D eigenvalue weighted by Crippen LogP contribution is -2.26. The highest BCUT2D eigenvalue weighted by Crippen LogP contribution is 2.37. The standard InChI is InChI=1S/C14H15F3N2O2/c1-18-6-4-10(5-7-18)8-11-2-3-13(19(20)21)12(9-11)14(15,16)17/h2-3,8-9H,4-7H2,1H3. The van der Waals surface area contributed by atoms with E-state index >= 15 is 0 Å². The Morgan fingerprint density at radius 2 is 1.90 bits per heavy atom. The molecule has 114 valence electrons. The molecule has 0 saturated carbocycles. The Balaban J connectivity index is 2.34. The van der Waals surface area contributed by atoms with Crippen LogP contribution in [-0.4, -0.2) is 30.0 Å². The Labute approximate surface area is 120 Å². The van der Waals surface area contributed by atoms with Gasteiger partial charge in [-0.3, -0.25) is 10.1 Å². The van der Waals surface area contributed by atoms with E-state index in [1.54, 1.807) is 6.08 Å². The van der Waals surface area contributed by atoms with Crippen LogP contribution in [0.2, 0.25) is 0 Å². The third-order valence-corrected chi connectivity index (χ3v) is 3.52. The number of piperidine rings is 1. The third-order valence-electron chi connectivity index (χ3n) is 3.52. The van der Waals surface area contributed by atoms with E-state index in [4.69, 9.17) is 0 Å². The van der Waals surface area contributed by atoms with Gasteiger partial charge < -0.3 is 4.90 Å². The summed E-state index contributed by atoms with van der Waals surface area (Å²) in [4.78, 5) is 11.8. The van der Waals surface area contributed by atoms with Gasteiger partial charge in [-0.2, -0.15) is 13.2 Å². The summed E-state index contributed by atoms with van der Waals surface area (Å²) < 4.78 is 38.7. The molecule has 0 bridgehead atoms. The smallest absolute Gasteiger partial charge is 0.306 e. The molecule has 0 unspecified atom stereocenters. The van der Waals surface area contributed by atoms with Gasteiger partial charge in [-0.05, 0) is 37.6 Å². The van der Waals surface area contributed by atoms with E-state index in [9.17, 15) is 23.3 Å². The average Bonchev–Trinajstić information content (AvgIpc) is 2.40. The lowest BCUT2D eigenvalue weighted by Gasteiger charge is -2.24. The molecule has 1 heterocycles. The number of likely N-dealkylation sites (tertiary alicyclic amines) is 1. The number of nitro groups is 1. The van der Waals surface area contributed by atoms with Crippen LogP contribution in [0.3, 0.4) is 0 Å². The molecular weight excluding hydrogens is 285 g/mol. The molecule has 1 fully saturated rings. The quantitative estimate of drug-likeness (QED) is 0.617. The number of alkyl halides is 3. The van der Waals surface area contributed by atoms with E-state index in [0.717, 1.165) is 43.6 Å². The molecular formula is C14H15F3N2O2. The summed E-state index contributed by atoms with van der Waals surface area (Å²) >= 11 is 0.